The van der Waals surface area contributed by atoms with Crippen LogP contribution in [0, 0.1) is 0 Å². The number of nitrogens with zero attached hydrogens (tertiary/aromatic N) is 2. The molecular formula is C19H26N2O5S. The molecule has 0 spiro atoms. The fourth-order valence-corrected chi connectivity index (χ4v) is 5.05. The molecule has 2 aliphatic rings. The Kier molecular flexibility index (Phi) is 6.49. The highest BCUT2D eigenvalue weighted by Gasteiger charge is 2.27. The first-order valence-electron chi connectivity index (χ1n) is 9.53. The zero-order valence-electron chi connectivity index (χ0n) is 15.4. The van der Waals surface area contributed by atoms with Gasteiger partial charge in [0.15, 0.2) is 6.61 Å². The van der Waals surface area contributed by atoms with E-state index in [1.807, 2.05) is 0 Å². The van der Waals surface area contributed by atoms with E-state index in [-0.39, 0.29) is 23.0 Å². The van der Waals surface area contributed by atoms with Crippen molar-refractivity contribution in [1.29, 1.82) is 0 Å². The zero-order chi connectivity index (χ0) is 19.3. The SMILES string of the molecule is O=C(OCC(=O)N1CCCCC1)c1cccc(S(=O)(=O)N2CCCCC2)c1. The van der Waals surface area contributed by atoms with E-state index in [0.29, 0.717) is 26.2 Å². The first-order valence-corrected chi connectivity index (χ1v) is 11.0. The van der Waals surface area contributed by atoms with Gasteiger partial charge in [-0.05, 0) is 50.3 Å². The topological polar surface area (TPSA) is 84.0 Å². The molecule has 2 heterocycles. The van der Waals surface area contributed by atoms with E-state index in [4.69, 9.17) is 4.74 Å². The van der Waals surface area contributed by atoms with Crippen LogP contribution in [0.2, 0.25) is 0 Å². The number of benzene rings is 1. The standard InChI is InChI=1S/C19H26N2O5S/c22-18(20-10-3-1-4-11-20)15-26-19(23)16-8-7-9-17(14-16)27(24,25)21-12-5-2-6-13-21/h7-9,14H,1-6,10-13,15H2. The van der Waals surface area contributed by atoms with Gasteiger partial charge in [0.1, 0.15) is 0 Å². The van der Waals surface area contributed by atoms with E-state index >= 15 is 0 Å². The molecule has 2 aliphatic heterocycles. The van der Waals surface area contributed by atoms with Gasteiger partial charge in [-0.3, -0.25) is 4.79 Å². The first kappa shape index (κ1) is 19.8. The largest absolute Gasteiger partial charge is 0.452 e. The summed E-state index contributed by atoms with van der Waals surface area (Å²) in [6.07, 6.45) is 5.77. The number of carbonyl (C=O) groups is 2. The van der Waals surface area contributed by atoms with Crippen LogP contribution in [0.25, 0.3) is 0 Å². The van der Waals surface area contributed by atoms with Crippen molar-refractivity contribution in [3.8, 4) is 0 Å². The van der Waals surface area contributed by atoms with Crippen LogP contribution in [0.3, 0.4) is 0 Å². The first-order chi connectivity index (χ1) is 13.0. The number of esters is 1. The van der Waals surface area contributed by atoms with Crippen molar-refractivity contribution >= 4 is 21.9 Å². The van der Waals surface area contributed by atoms with Gasteiger partial charge in [0.25, 0.3) is 5.91 Å². The number of piperidine rings is 2. The molecule has 0 unspecified atom stereocenters. The highest BCUT2D eigenvalue weighted by atomic mass is 32.2. The monoisotopic (exact) mass is 394 g/mol. The molecule has 0 saturated carbocycles. The van der Waals surface area contributed by atoms with Crippen LogP contribution in [0.4, 0.5) is 0 Å². The molecular weight excluding hydrogens is 368 g/mol. The number of carbonyl (C=O) groups excluding carboxylic acids is 2. The Hall–Kier alpha value is -1.93. The fourth-order valence-electron chi connectivity index (χ4n) is 3.48. The van der Waals surface area contributed by atoms with Crippen molar-refractivity contribution in [2.45, 2.75) is 43.4 Å². The maximum atomic E-state index is 12.7. The van der Waals surface area contributed by atoms with Gasteiger partial charge in [-0.1, -0.05) is 12.5 Å². The van der Waals surface area contributed by atoms with E-state index < -0.39 is 16.0 Å². The Balaban J connectivity index is 1.64. The summed E-state index contributed by atoms with van der Waals surface area (Å²) in [6.45, 7) is 2.07. The van der Waals surface area contributed by atoms with Gasteiger partial charge in [-0.25, -0.2) is 13.2 Å². The lowest BCUT2D eigenvalue weighted by molar-refractivity contribution is -0.135. The van der Waals surface area contributed by atoms with Crippen molar-refractivity contribution < 1.29 is 22.7 Å². The van der Waals surface area contributed by atoms with Crippen LogP contribution in [0.1, 0.15) is 48.9 Å². The number of sulfonamides is 1. The smallest absolute Gasteiger partial charge is 0.338 e. The Morgan fingerprint density at radius 2 is 1.56 bits per heavy atom. The number of likely N-dealkylation sites (tertiary alicyclic amines) is 1. The molecule has 27 heavy (non-hydrogen) atoms. The minimum absolute atomic E-state index is 0.0845. The molecule has 7 nitrogen and oxygen atoms in total. The lowest BCUT2D eigenvalue weighted by Gasteiger charge is -2.26. The minimum Gasteiger partial charge on any atom is -0.452 e. The van der Waals surface area contributed by atoms with Gasteiger partial charge in [-0.2, -0.15) is 4.31 Å². The molecule has 1 aromatic rings. The van der Waals surface area contributed by atoms with E-state index in [9.17, 15) is 18.0 Å². The van der Waals surface area contributed by atoms with Crippen LogP contribution in [-0.2, 0) is 19.6 Å². The van der Waals surface area contributed by atoms with Gasteiger partial charge >= 0.3 is 5.97 Å². The van der Waals surface area contributed by atoms with Crippen molar-refractivity contribution in [2.75, 3.05) is 32.8 Å². The predicted molar refractivity (Wildman–Crippen MR) is 99.8 cm³/mol. The lowest BCUT2D eigenvalue weighted by Crippen LogP contribution is -2.38. The summed E-state index contributed by atoms with van der Waals surface area (Å²) in [4.78, 5) is 26.2. The van der Waals surface area contributed by atoms with E-state index in [2.05, 4.69) is 0 Å². The number of amides is 1. The molecule has 0 aliphatic carbocycles. The lowest BCUT2D eigenvalue weighted by atomic mass is 10.1. The molecule has 3 rings (SSSR count). The third-order valence-corrected chi connectivity index (χ3v) is 6.95. The summed E-state index contributed by atoms with van der Waals surface area (Å²) in [5.41, 5.74) is 0.138. The maximum Gasteiger partial charge on any atom is 0.338 e. The molecule has 0 atom stereocenters. The summed E-state index contributed by atoms with van der Waals surface area (Å²) in [6, 6.07) is 5.85. The van der Waals surface area contributed by atoms with Gasteiger partial charge in [0.2, 0.25) is 10.0 Å². The van der Waals surface area contributed by atoms with Crippen LogP contribution in [0.15, 0.2) is 29.2 Å². The van der Waals surface area contributed by atoms with E-state index in [0.717, 1.165) is 38.5 Å². The normalized spacial score (nSPS) is 18.9. The molecule has 8 heteroatoms. The minimum atomic E-state index is -3.62. The van der Waals surface area contributed by atoms with Crippen LogP contribution < -0.4 is 0 Å². The van der Waals surface area contributed by atoms with Crippen molar-refractivity contribution in [3.63, 3.8) is 0 Å². The van der Waals surface area contributed by atoms with E-state index in [1.165, 1.54) is 28.6 Å². The Labute approximate surface area is 160 Å². The van der Waals surface area contributed by atoms with Crippen LogP contribution in [0.5, 0.6) is 0 Å². The second-order valence-electron chi connectivity index (χ2n) is 7.01. The van der Waals surface area contributed by atoms with Crippen molar-refractivity contribution in [2.24, 2.45) is 0 Å². The Morgan fingerprint density at radius 3 is 2.22 bits per heavy atom. The summed E-state index contributed by atoms with van der Waals surface area (Å²) >= 11 is 0. The summed E-state index contributed by atoms with van der Waals surface area (Å²) in [5, 5.41) is 0. The molecule has 2 fully saturated rings. The second-order valence-corrected chi connectivity index (χ2v) is 8.95. The number of ether oxygens (including phenoxy) is 1. The second kappa shape index (κ2) is 8.84. The highest BCUT2D eigenvalue weighted by Crippen LogP contribution is 2.21. The predicted octanol–water partition coefficient (Wildman–Crippen LogP) is 2.03. The maximum absolute atomic E-state index is 12.7. The Bertz CT molecular complexity index is 781. The molecule has 0 aromatic heterocycles. The Morgan fingerprint density at radius 1 is 0.926 bits per heavy atom. The molecule has 0 bridgehead atoms. The van der Waals surface area contributed by atoms with Crippen molar-refractivity contribution in [1.82, 2.24) is 9.21 Å². The van der Waals surface area contributed by atoms with Gasteiger partial charge in [0.05, 0.1) is 10.5 Å². The molecule has 1 aromatic carbocycles. The average molecular weight is 394 g/mol. The number of hydrogen-bond donors (Lipinski definition) is 0. The van der Waals surface area contributed by atoms with Gasteiger partial charge in [0, 0.05) is 26.2 Å². The van der Waals surface area contributed by atoms with Gasteiger partial charge < -0.3 is 9.64 Å². The highest BCUT2D eigenvalue weighted by molar-refractivity contribution is 7.89. The summed E-state index contributed by atoms with van der Waals surface area (Å²) in [5.74, 6) is -0.892. The van der Waals surface area contributed by atoms with Crippen LogP contribution in [-0.4, -0.2) is 62.3 Å². The van der Waals surface area contributed by atoms with Crippen molar-refractivity contribution in [3.05, 3.63) is 29.8 Å². The average Bonchev–Trinajstić information content (AvgIpc) is 2.73. The third kappa shape index (κ3) is 4.87. The molecule has 0 radical (unpaired) electrons. The van der Waals surface area contributed by atoms with E-state index in [1.54, 1.807) is 4.90 Å². The molecule has 1 amide bonds. The van der Waals surface area contributed by atoms with Gasteiger partial charge in [-0.15, -0.1) is 0 Å². The summed E-state index contributed by atoms with van der Waals surface area (Å²) in [7, 11) is -3.62. The number of rotatable bonds is 5. The van der Waals surface area contributed by atoms with Crippen LogP contribution >= 0.6 is 0 Å². The molecule has 148 valence electrons. The zero-order valence-corrected chi connectivity index (χ0v) is 16.2. The third-order valence-electron chi connectivity index (χ3n) is 5.06. The molecule has 0 N–H and O–H groups in total. The fraction of sp³-hybridized carbons (Fsp3) is 0.579. The summed E-state index contributed by atoms with van der Waals surface area (Å²) < 4.78 is 32.1. The molecule has 2 saturated heterocycles. The number of hydrogen-bond acceptors (Lipinski definition) is 5. The quantitative estimate of drug-likeness (QED) is 0.714.